The highest BCUT2D eigenvalue weighted by Crippen LogP contribution is 2.32. The molecular formula is C36H47NO7. The van der Waals surface area contributed by atoms with Gasteiger partial charge >= 0.3 is 0 Å². The molecule has 4 rings (SSSR count). The van der Waals surface area contributed by atoms with E-state index in [2.05, 4.69) is 5.32 Å². The Hall–Kier alpha value is -3.11. The van der Waals surface area contributed by atoms with Gasteiger partial charge < -0.3 is 34.5 Å². The van der Waals surface area contributed by atoms with Crippen LogP contribution in [-0.4, -0.2) is 65.9 Å². The molecule has 1 aliphatic carbocycles. The standard InChI is InChI=1S/C36H47NO7/c1-27(38)37-22-14-3-2-4-15-23-41-33-31(39)32(40)34(42-24-28-16-8-5-9-17-28)36(44-26-30-20-12-7-13-21-30)35(33)43-25-29-18-10-6-11-19-29/h5-13,16-21,31-36,39-40H,2-4,14-15,22-26H2,1H3,(H,37,38)/t31-,32+,33-,34-,35+,36+/m0/s1. The maximum absolute atomic E-state index is 11.4. The maximum atomic E-state index is 11.4. The number of unbranched alkanes of at least 4 members (excludes halogenated alkanes) is 4. The molecule has 0 aromatic heterocycles. The fraction of sp³-hybridized carbons (Fsp3) is 0.472. The van der Waals surface area contributed by atoms with Crippen molar-refractivity contribution in [3.05, 3.63) is 108 Å². The molecule has 1 saturated carbocycles. The zero-order valence-electron chi connectivity index (χ0n) is 25.6. The van der Waals surface area contributed by atoms with Crippen LogP contribution in [0.3, 0.4) is 0 Å². The van der Waals surface area contributed by atoms with Gasteiger partial charge in [0, 0.05) is 20.1 Å². The van der Waals surface area contributed by atoms with Gasteiger partial charge in [0.1, 0.15) is 36.6 Å². The molecule has 0 radical (unpaired) electrons. The topological polar surface area (TPSA) is 106 Å². The largest absolute Gasteiger partial charge is 0.387 e. The summed E-state index contributed by atoms with van der Waals surface area (Å²) in [6.45, 7) is 3.45. The molecule has 44 heavy (non-hydrogen) atoms. The molecule has 0 heterocycles. The molecule has 0 spiro atoms. The van der Waals surface area contributed by atoms with Gasteiger partial charge in [-0.3, -0.25) is 4.79 Å². The van der Waals surface area contributed by atoms with Crippen molar-refractivity contribution in [2.45, 2.75) is 95.5 Å². The molecular weight excluding hydrogens is 558 g/mol. The van der Waals surface area contributed by atoms with Crippen molar-refractivity contribution in [2.75, 3.05) is 13.2 Å². The second-order valence-corrected chi connectivity index (χ2v) is 11.4. The molecule has 6 atom stereocenters. The van der Waals surface area contributed by atoms with Crippen molar-refractivity contribution >= 4 is 5.91 Å². The van der Waals surface area contributed by atoms with Crippen molar-refractivity contribution < 1.29 is 34.0 Å². The van der Waals surface area contributed by atoms with Gasteiger partial charge in [-0.1, -0.05) is 110 Å². The number of nitrogens with one attached hydrogen (secondary N) is 1. The van der Waals surface area contributed by atoms with Crippen LogP contribution in [0.25, 0.3) is 0 Å². The Morgan fingerprint density at radius 3 is 1.41 bits per heavy atom. The zero-order chi connectivity index (χ0) is 31.0. The average Bonchev–Trinajstić information content (AvgIpc) is 3.05. The van der Waals surface area contributed by atoms with Crippen LogP contribution < -0.4 is 5.32 Å². The number of carbonyl (C=O) groups is 1. The minimum atomic E-state index is -1.24. The van der Waals surface area contributed by atoms with Gasteiger partial charge in [-0.15, -0.1) is 0 Å². The van der Waals surface area contributed by atoms with E-state index in [-0.39, 0.29) is 19.1 Å². The Balaban J connectivity index is 1.46. The fourth-order valence-electron chi connectivity index (χ4n) is 5.46. The monoisotopic (exact) mass is 605 g/mol. The first kappa shape index (κ1) is 33.8. The highest BCUT2D eigenvalue weighted by Gasteiger charge is 2.52. The second-order valence-electron chi connectivity index (χ2n) is 11.4. The van der Waals surface area contributed by atoms with Crippen LogP contribution in [0, 0.1) is 0 Å². The van der Waals surface area contributed by atoms with Gasteiger partial charge in [-0.05, 0) is 29.5 Å². The second kappa shape index (κ2) is 18.6. The minimum Gasteiger partial charge on any atom is -0.387 e. The van der Waals surface area contributed by atoms with E-state index in [4.69, 9.17) is 18.9 Å². The van der Waals surface area contributed by atoms with E-state index in [9.17, 15) is 15.0 Å². The highest BCUT2D eigenvalue weighted by atomic mass is 16.6. The van der Waals surface area contributed by atoms with E-state index < -0.39 is 36.6 Å². The Kier molecular flexibility index (Phi) is 14.3. The highest BCUT2D eigenvalue weighted by molar-refractivity contribution is 5.72. The van der Waals surface area contributed by atoms with E-state index >= 15 is 0 Å². The molecule has 0 aliphatic heterocycles. The van der Waals surface area contributed by atoms with Crippen LogP contribution >= 0.6 is 0 Å². The molecule has 3 aromatic carbocycles. The van der Waals surface area contributed by atoms with Gasteiger partial charge in [0.2, 0.25) is 5.91 Å². The minimum absolute atomic E-state index is 0.00517. The van der Waals surface area contributed by atoms with E-state index in [1.807, 2.05) is 91.0 Å². The Bertz CT molecular complexity index is 1200. The summed E-state index contributed by atoms with van der Waals surface area (Å²) in [6, 6.07) is 29.4. The number of ether oxygens (including phenoxy) is 4. The Morgan fingerprint density at radius 1 is 0.568 bits per heavy atom. The molecule has 3 N–H and O–H groups in total. The molecule has 0 bridgehead atoms. The third kappa shape index (κ3) is 10.8. The van der Waals surface area contributed by atoms with Crippen LogP contribution in [-0.2, 0) is 43.6 Å². The molecule has 1 aliphatic rings. The van der Waals surface area contributed by atoms with Crippen LogP contribution in [0.5, 0.6) is 0 Å². The predicted octanol–water partition coefficient (Wildman–Crippen LogP) is 4.95. The lowest BCUT2D eigenvalue weighted by molar-refractivity contribution is -0.272. The Morgan fingerprint density at radius 2 is 0.955 bits per heavy atom. The molecule has 8 nitrogen and oxygen atoms in total. The van der Waals surface area contributed by atoms with Gasteiger partial charge in [0.05, 0.1) is 19.8 Å². The summed E-state index contributed by atoms with van der Waals surface area (Å²) in [5, 5.41) is 25.6. The normalized spacial score (nSPS) is 23.3. The van der Waals surface area contributed by atoms with E-state index in [0.29, 0.717) is 19.8 Å². The molecule has 0 unspecified atom stereocenters. The number of hydrogen-bond acceptors (Lipinski definition) is 7. The van der Waals surface area contributed by atoms with Gasteiger partial charge in [0.25, 0.3) is 0 Å². The number of amides is 1. The first-order valence-electron chi connectivity index (χ1n) is 15.7. The number of hydrogen-bond donors (Lipinski definition) is 3. The molecule has 0 saturated heterocycles. The smallest absolute Gasteiger partial charge is 0.216 e. The summed E-state index contributed by atoms with van der Waals surface area (Å²) in [4.78, 5) is 11.0. The van der Waals surface area contributed by atoms with Gasteiger partial charge in [-0.25, -0.2) is 0 Å². The van der Waals surface area contributed by atoms with Crippen LogP contribution in [0.4, 0.5) is 0 Å². The zero-order valence-corrected chi connectivity index (χ0v) is 25.6. The molecule has 8 heteroatoms. The third-order valence-corrected chi connectivity index (χ3v) is 7.86. The number of carbonyl (C=O) groups excluding carboxylic acids is 1. The maximum Gasteiger partial charge on any atom is 0.216 e. The van der Waals surface area contributed by atoms with Gasteiger partial charge in [-0.2, -0.15) is 0 Å². The first-order chi connectivity index (χ1) is 21.5. The molecule has 238 valence electrons. The van der Waals surface area contributed by atoms with Crippen LogP contribution in [0.15, 0.2) is 91.0 Å². The van der Waals surface area contributed by atoms with Crippen LogP contribution in [0.2, 0.25) is 0 Å². The van der Waals surface area contributed by atoms with Crippen molar-refractivity contribution in [1.82, 2.24) is 5.32 Å². The number of aliphatic hydroxyl groups excluding tert-OH is 2. The Labute approximate surface area is 261 Å². The number of rotatable bonds is 18. The van der Waals surface area contributed by atoms with Crippen molar-refractivity contribution in [2.24, 2.45) is 0 Å². The van der Waals surface area contributed by atoms with Crippen LogP contribution in [0.1, 0.15) is 55.7 Å². The summed E-state index contributed by atoms with van der Waals surface area (Å²) in [5.74, 6) is -0.00517. The van der Waals surface area contributed by atoms with E-state index in [1.54, 1.807) is 0 Å². The average molecular weight is 606 g/mol. The lowest BCUT2D eigenvalue weighted by atomic mass is 9.84. The fourth-order valence-corrected chi connectivity index (χ4v) is 5.46. The van der Waals surface area contributed by atoms with E-state index in [1.165, 1.54) is 6.92 Å². The summed E-state index contributed by atoms with van der Waals surface area (Å²) in [5.41, 5.74) is 2.91. The lowest BCUT2D eigenvalue weighted by Crippen LogP contribution is -2.66. The first-order valence-corrected chi connectivity index (χ1v) is 15.7. The number of aliphatic hydroxyl groups is 2. The summed E-state index contributed by atoms with van der Waals surface area (Å²) in [7, 11) is 0. The molecule has 3 aromatic rings. The summed E-state index contributed by atoms with van der Waals surface area (Å²) >= 11 is 0. The number of benzene rings is 3. The SMILES string of the molecule is CC(=O)NCCCCCCCO[C@H]1[C@@H](O)[C@@H](O)[C@H](OCc2ccccc2)[C@@H](OCc2ccccc2)[C@@H]1OCc1ccccc1. The quantitative estimate of drug-likeness (QED) is 0.176. The molecule has 1 amide bonds. The van der Waals surface area contributed by atoms with Crippen molar-refractivity contribution in [1.29, 1.82) is 0 Å². The summed E-state index contributed by atoms with van der Waals surface area (Å²) in [6.07, 6.45) is -0.811. The van der Waals surface area contributed by atoms with E-state index in [0.717, 1.165) is 48.8 Å². The van der Waals surface area contributed by atoms with Gasteiger partial charge in [0.15, 0.2) is 0 Å². The predicted molar refractivity (Wildman–Crippen MR) is 169 cm³/mol. The lowest BCUT2D eigenvalue weighted by Gasteiger charge is -2.47. The molecule has 1 fully saturated rings. The van der Waals surface area contributed by atoms with Crippen molar-refractivity contribution in [3.63, 3.8) is 0 Å². The summed E-state index contributed by atoms with van der Waals surface area (Å²) < 4.78 is 25.6. The van der Waals surface area contributed by atoms with Crippen molar-refractivity contribution in [3.8, 4) is 0 Å². The third-order valence-electron chi connectivity index (χ3n) is 7.86.